The monoisotopic (exact) mass is 467 g/mol. The lowest BCUT2D eigenvalue weighted by Crippen LogP contribution is -2.98. The molecule has 1 fully saturated rings. The minimum Gasteiger partial charge on any atom is -0.629 e. The van der Waals surface area contributed by atoms with Crippen LogP contribution in [0, 0.1) is 22.2 Å². The number of nitrogens with one attached hydrogen (secondary N) is 2. The first-order valence-electron chi connectivity index (χ1n) is 10.7. The van der Waals surface area contributed by atoms with Gasteiger partial charge in [0.1, 0.15) is 5.69 Å². The third-order valence-corrected chi connectivity index (χ3v) is 6.99. The summed E-state index contributed by atoms with van der Waals surface area (Å²) in [6, 6.07) is 11.8. The van der Waals surface area contributed by atoms with Gasteiger partial charge in [-0.1, -0.05) is 18.2 Å². The van der Waals surface area contributed by atoms with Crippen molar-refractivity contribution in [2.75, 3.05) is 25.5 Å². The minimum absolute atomic E-state index is 0.0342. The number of quaternary nitrogens is 1. The van der Waals surface area contributed by atoms with E-state index in [1.165, 1.54) is 24.5 Å². The highest BCUT2D eigenvalue weighted by molar-refractivity contribution is 7.10. The molecule has 1 aromatic heterocycles. The molecule has 1 aliphatic rings. The van der Waals surface area contributed by atoms with E-state index in [1.807, 2.05) is 12.3 Å². The smallest absolute Gasteiger partial charge is 0.321 e. The predicted molar refractivity (Wildman–Crippen MR) is 128 cm³/mol. The van der Waals surface area contributed by atoms with Crippen molar-refractivity contribution in [1.82, 2.24) is 9.88 Å². The van der Waals surface area contributed by atoms with Crippen molar-refractivity contribution in [3.8, 4) is 11.3 Å². The van der Waals surface area contributed by atoms with Crippen molar-refractivity contribution < 1.29 is 14.8 Å². The highest BCUT2D eigenvalue weighted by Crippen LogP contribution is 2.35. The molecule has 0 saturated carbocycles. The molecule has 2 N–H and O–H groups in total. The molecule has 1 atom stereocenters. The number of likely N-dealkylation sites (tertiary alicyclic amines) is 1. The number of nitrogens with zero attached hydrogens (tertiary/aromatic N) is 3. The molecule has 3 aromatic rings. The van der Waals surface area contributed by atoms with Gasteiger partial charge in [0.15, 0.2) is 0 Å². The fraction of sp³-hybridized carbons (Fsp3) is 0.304. The van der Waals surface area contributed by atoms with Gasteiger partial charge in [-0.15, -0.1) is 11.3 Å². The highest BCUT2D eigenvalue weighted by atomic mass is 32.1. The van der Waals surface area contributed by atoms with E-state index in [0.717, 1.165) is 23.4 Å². The van der Waals surface area contributed by atoms with Gasteiger partial charge < -0.3 is 20.5 Å². The topological polar surface area (TPSA) is 116 Å². The maximum atomic E-state index is 12.8. The van der Waals surface area contributed by atoms with Crippen LogP contribution in [0.3, 0.4) is 0 Å². The van der Waals surface area contributed by atoms with Crippen LogP contribution in [0.15, 0.2) is 47.8 Å². The second-order valence-corrected chi connectivity index (χ2v) is 8.96. The summed E-state index contributed by atoms with van der Waals surface area (Å²) in [5, 5.41) is 28.8. The Morgan fingerprint density at radius 2 is 1.94 bits per heavy atom. The Hall–Kier alpha value is -3.34. The quantitative estimate of drug-likeness (QED) is 0.433. The van der Waals surface area contributed by atoms with Crippen LogP contribution in [-0.2, 0) is 0 Å². The van der Waals surface area contributed by atoms with Crippen LogP contribution in [0.25, 0.3) is 11.3 Å². The van der Waals surface area contributed by atoms with Crippen molar-refractivity contribution in [2.45, 2.75) is 25.7 Å². The second-order valence-electron chi connectivity index (χ2n) is 8.07. The first-order chi connectivity index (χ1) is 15.8. The lowest BCUT2D eigenvalue weighted by Gasteiger charge is -2.31. The van der Waals surface area contributed by atoms with Gasteiger partial charge in [-0.25, -0.2) is 9.78 Å². The first kappa shape index (κ1) is 22.8. The molecule has 2 aromatic carbocycles. The van der Waals surface area contributed by atoms with Gasteiger partial charge in [-0.2, -0.15) is 0 Å². The molecule has 0 spiro atoms. The summed E-state index contributed by atoms with van der Waals surface area (Å²) in [6.07, 6.45) is 1.54. The number of thiazole rings is 1. The van der Waals surface area contributed by atoms with Crippen LogP contribution >= 0.6 is 11.3 Å². The van der Waals surface area contributed by atoms with Crippen LogP contribution in [0.2, 0.25) is 0 Å². The zero-order valence-corrected chi connectivity index (χ0v) is 19.2. The summed E-state index contributed by atoms with van der Waals surface area (Å²) in [4.78, 5) is 30.2. The van der Waals surface area contributed by atoms with Gasteiger partial charge in [0.2, 0.25) is 0 Å². The summed E-state index contributed by atoms with van der Waals surface area (Å²) >= 11 is 1.51. The average molecular weight is 468 g/mol. The molecule has 4 rings (SSSR count). The summed E-state index contributed by atoms with van der Waals surface area (Å²) in [5.74, 6) is 0.207. The van der Waals surface area contributed by atoms with Crippen LogP contribution < -0.4 is 10.4 Å². The number of piperidine rings is 1. The van der Waals surface area contributed by atoms with E-state index in [0.29, 0.717) is 35.7 Å². The molecule has 172 valence electrons. The normalized spacial score (nSPS) is 15.3. The average Bonchev–Trinajstić information content (AvgIpc) is 3.30. The molecule has 0 bridgehead atoms. The number of anilines is 1. The fourth-order valence-corrected chi connectivity index (χ4v) is 5.12. The Kier molecular flexibility index (Phi) is 6.68. The number of nitro groups is 1. The molecule has 1 unspecified atom stereocenters. The lowest BCUT2D eigenvalue weighted by atomic mass is 9.97. The van der Waals surface area contributed by atoms with E-state index in [9.17, 15) is 20.1 Å². The Morgan fingerprint density at radius 3 is 2.64 bits per heavy atom. The second kappa shape index (κ2) is 9.65. The number of amides is 2. The van der Waals surface area contributed by atoms with Gasteiger partial charge in [0.05, 0.1) is 33.9 Å². The molecule has 33 heavy (non-hydrogen) atoms. The molecule has 2 heterocycles. The summed E-state index contributed by atoms with van der Waals surface area (Å²) in [5.41, 5.74) is 3.19. The molecule has 2 amide bonds. The third-order valence-electron chi connectivity index (χ3n) is 5.98. The van der Waals surface area contributed by atoms with Gasteiger partial charge in [0, 0.05) is 36.0 Å². The molecule has 1 saturated heterocycles. The predicted octanol–water partition coefficient (Wildman–Crippen LogP) is 4.08. The van der Waals surface area contributed by atoms with Crippen molar-refractivity contribution in [1.29, 1.82) is 0 Å². The first-order valence-corrected chi connectivity index (χ1v) is 11.6. The maximum Gasteiger partial charge on any atom is 0.321 e. The molecule has 9 nitrogen and oxygen atoms in total. The Balaban J connectivity index is 1.40. The van der Waals surface area contributed by atoms with Crippen LogP contribution in [0.5, 0.6) is 0 Å². The Labute approximate surface area is 195 Å². The maximum absolute atomic E-state index is 12.8. The molecular formula is C23H25N5O4S. The number of nitro benzene ring substituents is 1. The van der Waals surface area contributed by atoms with Crippen molar-refractivity contribution in [2.24, 2.45) is 0 Å². The van der Waals surface area contributed by atoms with Crippen molar-refractivity contribution in [3.05, 3.63) is 73.7 Å². The van der Waals surface area contributed by atoms with Crippen molar-refractivity contribution in [3.63, 3.8) is 0 Å². The summed E-state index contributed by atoms with van der Waals surface area (Å²) in [7, 11) is 1.51. The number of benzene rings is 2. The third kappa shape index (κ3) is 4.87. The van der Waals surface area contributed by atoms with E-state index in [1.54, 1.807) is 41.3 Å². The lowest BCUT2D eigenvalue weighted by molar-refractivity contribution is -0.751. The Morgan fingerprint density at radius 1 is 1.21 bits per heavy atom. The molecule has 1 aliphatic heterocycles. The SMILES string of the molecule is Cc1c(NC(=O)N2CCC(c3nc(-c4ccccc4[N+](=O)[O-])cs3)CC2)cccc1[NH+](C)[O-]. The standard InChI is InChI=1S/C23H25N5O4S/c1-15-18(7-5-9-20(15)26(2)30)25-23(29)27-12-10-16(11-13-27)22-24-19(14-33-22)17-6-3-4-8-21(17)28(31)32/h3-9,14,16,26H,10-13H2,1-2H3,(H,25,29). The number of hydrogen-bond acceptors (Lipinski definition) is 6. The molecule has 0 radical (unpaired) electrons. The van der Waals surface area contributed by atoms with Crippen LogP contribution in [-0.4, -0.2) is 41.0 Å². The van der Waals surface area contributed by atoms with E-state index in [2.05, 4.69) is 10.3 Å². The van der Waals surface area contributed by atoms with Crippen LogP contribution in [0.4, 0.5) is 21.9 Å². The number of para-hydroxylation sites is 1. The van der Waals surface area contributed by atoms with Gasteiger partial charge in [0.25, 0.3) is 5.69 Å². The van der Waals surface area contributed by atoms with E-state index in [-0.39, 0.29) is 27.6 Å². The molecular weight excluding hydrogens is 442 g/mol. The minimum atomic E-state index is -0.390. The number of aromatic nitrogens is 1. The number of urea groups is 1. The number of hydroxylamine groups is 1. The number of carbonyl (C=O) groups is 1. The summed E-state index contributed by atoms with van der Waals surface area (Å²) < 4.78 is 0. The number of hydrogen-bond donors (Lipinski definition) is 2. The molecule has 10 heteroatoms. The van der Waals surface area contributed by atoms with Gasteiger partial charge in [-0.05, 0) is 38.0 Å². The van der Waals surface area contributed by atoms with Gasteiger partial charge >= 0.3 is 6.03 Å². The fourth-order valence-electron chi connectivity index (χ4n) is 4.12. The van der Waals surface area contributed by atoms with Gasteiger partial charge in [-0.3, -0.25) is 10.1 Å². The van der Waals surface area contributed by atoms with E-state index in [4.69, 9.17) is 0 Å². The van der Waals surface area contributed by atoms with Crippen molar-refractivity contribution >= 4 is 34.4 Å². The number of carbonyl (C=O) groups excluding carboxylic acids is 1. The zero-order valence-electron chi connectivity index (χ0n) is 18.4. The summed E-state index contributed by atoms with van der Waals surface area (Å²) in [6.45, 7) is 3.00. The largest absolute Gasteiger partial charge is 0.629 e. The zero-order chi connectivity index (χ0) is 23.5. The van der Waals surface area contributed by atoms with Crippen LogP contribution in [0.1, 0.15) is 29.3 Å². The van der Waals surface area contributed by atoms with E-state index >= 15 is 0 Å². The Bertz CT molecular complexity index is 1170. The number of rotatable bonds is 5. The molecule has 0 aliphatic carbocycles. The van der Waals surface area contributed by atoms with E-state index < -0.39 is 0 Å². The highest BCUT2D eigenvalue weighted by Gasteiger charge is 2.27.